The van der Waals surface area contributed by atoms with Crippen molar-refractivity contribution in [3.05, 3.63) is 65.7 Å². The normalized spacial score (nSPS) is 12.3. The molecule has 0 saturated carbocycles. The van der Waals surface area contributed by atoms with Crippen molar-refractivity contribution in [2.75, 3.05) is 5.75 Å². The molecule has 0 unspecified atom stereocenters. The Balaban J connectivity index is 2.27. The van der Waals surface area contributed by atoms with Crippen molar-refractivity contribution in [1.29, 1.82) is 0 Å². The van der Waals surface area contributed by atoms with E-state index in [4.69, 9.17) is 0 Å². The highest BCUT2D eigenvalue weighted by Crippen LogP contribution is 2.28. The first-order chi connectivity index (χ1) is 9.85. The van der Waals surface area contributed by atoms with Crippen LogP contribution in [0.3, 0.4) is 0 Å². The Labute approximate surface area is 135 Å². The number of benzene rings is 2. The highest BCUT2D eigenvalue weighted by Gasteiger charge is 2.29. The first-order valence-electron chi connectivity index (χ1n) is 6.78. The summed E-state index contributed by atoms with van der Waals surface area (Å²) in [4.78, 5) is 0.384. The zero-order valence-electron chi connectivity index (χ0n) is 12.2. The lowest BCUT2D eigenvalue weighted by molar-refractivity contribution is 0.548. The Morgan fingerprint density at radius 1 is 0.952 bits per heavy atom. The molecule has 0 spiro atoms. The number of rotatable bonds is 5. The van der Waals surface area contributed by atoms with Gasteiger partial charge in [-0.3, -0.25) is 0 Å². The van der Waals surface area contributed by atoms with Crippen LogP contribution in [-0.4, -0.2) is 14.2 Å². The van der Waals surface area contributed by atoms with Gasteiger partial charge in [0, 0.05) is 10.7 Å². The van der Waals surface area contributed by atoms with Gasteiger partial charge < -0.3 is 0 Å². The summed E-state index contributed by atoms with van der Waals surface area (Å²) in [6.07, 6.45) is 0. The summed E-state index contributed by atoms with van der Waals surface area (Å²) in [6, 6.07) is 16.7. The summed E-state index contributed by atoms with van der Waals surface area (Å²) < 4.78 is 25.1. The van der Waals surface area contributed by atoms with Gasteiger partial charge in [0.2, 0.25) is 0 Å². The van der Waals surface area contributed by atoms with Gasteiger partial charge in [0.1, 0.15) is 0 Å². The maximum Gasteiger partial charge on any atom is 0.179 e. The standard InChI is InChI=1S/C17H19BrO2S/c1-17(2,15-10-8-14(12-18)9-11-15)13-21(19,20)16-6-4-3-5-7-16/h3-11H,12-13H2,1-2H3. The van der Waals surface area contributed by atoms with Gasteiger partial charge in [-0.15, -0.1) is 0 Å². The van der Waals surface area contributed by atoms with Crippen molar-refractivity contribution in [2.24, 2.45) is 0 Å². The molecule has 0 atom stereocenters. The van der Waals surface area contributed by atoms with Gasteiger partial charge >= 0.3 is 0 Å². The molecule has 0 aliphatic heterocycles. The smallest absolute Gasteiger partial charge is 0.179 e. The van der Waals surface area contributed by atoms with Gasteiger partial charge in [-0.05, 0) is 23.3 Å². The van der Waals surface area contributed by atoms with E-state index in [9.17, 15) is 8.42 Å². The third kappa shape index (κ3) is 3.95. The van der Waals surface area contributed by atoms with E-state index in [1.54, 1.807) is 24.3 Å². The summed E-state index contributed by atoms with van der Waals surface area (Å²) in [6.45, 7) is 3.94. The molecule has 21 heavy (non-hydrogen) atoms. The SMILES string of the molecule is CC(C)(CS(=O)(=O)c1ccccc1)c1ccc(CBr)cc1. The topological polar surface area (TPSA) is 34.1 Å². The lowest BCUT2D eigenvalue weighted by atomic mass is 9.86. The number of hydrogen-bond donors (Lipinski definition) is 0. The Bertz CT molecular complexity index is 689. The molecule has 0 amide bonds. The number of sulfone groups is 1. The molecule has 2 aromatic carbocycles. The first-order valence-corrected chi connectivity index (χ1v) is 9.56. The highest BCUT2D eigenvalue weighted by molar-refractivity contribution is 9.08. The molecule has 112 valence electrons. The van der Waals surface area contributed by atoms with E-state index < -0.39 is 15.3 Å². The van der Waals surface area contributed by atoms with Gasteiger partial charge in [0.15, 0.2) is 9.84 Å². The van der Waals surface area contributed by atoms with Crippen molar-refractivity contribution in [1.82, 2.24) is 0 Å². The minimum absolute atomic E-state index is 0.0949. The molecule has 0 fully saturated rings. The van der Waals surface area contributed by atoms with Crippen LogP contribution in [0, 0.1) is 0 Å². The predicted octanol–water partition coefficient (Wildman–Crippen LogP) is 4.33. The second-order valence-electron chi connectivity index (χ2n) is 5.79. The van der Waals surface area contributed by atoms with E-state index in [1.165, 1.54) is 5.56 Å². The minimum Gasteiger partial charge on any atom is -0.224 e. The molecule has 0 aliphatic rings. The minimum atomic E-state index is -3.29. The zero-order chi connectivity index (χ0) is 15.5. The average molecular weight is 367 g/mol. The molecule has 0 heterocycles. The maximum atomic E-state index is 12.5. The van der Waals surface area contributed by atoms with Crippen LogP contribution in [-0.2, 0) is 20.6 Å². The van der Waals surface area contributed by atoms with E-state index in [-0.39, 0.29) is 5.75 Å². The van der Waals surface area contributed by atoms with E-state index in [1.807, 2.05) is 44.2 Å². The Kier molecular flexibility index (Phi) is 4.89. The summed E-state index contributed by atoms with van der Waals surface area (Å²) in [5.74, 6) is 0.0949. The third-order valence-corrected chi connectivity index (χ3v) is 6.28. The molecule has 2 nitrogen and oxygen atoms in total. The summed E-state index contributed by atoms with van der Waals surface area (Å²) in [7, 11) is -3.29. The van der Waals surface area contributed by atoms with Gasteiger partial charge in [0.25, 0.3) is 0 Å². The molecular weight excluding hydrogens is 348 g/mol. The number of alkyl halides is 1. The summed E-state index contributed by atoms with van der Waals surface area (Å²) in [5, 5.41) is 0.802. The molecule has 0 saturated heterocycles. The fourth-order valence-corrected chi connectivity index (χ4v) is 4.54. The Morgan fingerprint density at radius 3 is 2.05 bits per heavy atom. The van der Waals surface area contributed by atoms with E-state index in [0.29, 0.717) is 4.90 Å². The van der Waals surface area contributed by atoms with Crippen molar-refractivity contribution >= 4 is 25.8 Å². The molecule has 0 aromatic heterocycles. The third-order valence-electron chi connectivity index (χ3n) is 3.54. The lowest BCUT2D eigenvalue weighted by Gasteiger charge is -2.25. The highest BCUT2D eigenvalue weighted by atomic mass is 79.9. The second kappa shape index (κ2) is 6.32. The quantitative estimate of drug-likeness (QED) is 0.737. The maximum absolute atomic E-state index is 12.5. The first kappa shape index (κ1) is 16.2. The summed E-state index contributed by atoms with van der Waals surface area (Å²) in [5.41, 5.74) is 1.78. The second-order valence-corrected chi connectivity index (χ2v) is 8.34. The number of hydrogen-bond acceptors (Lipinski definition) is 2. The van der Waals surface area contributed by atoms with Crippen LogP contribution < -0.4 is 0 Å². The molecule has 0 radical (unpaired) electrons. The predicted molar refractivity (Wildman–Crippen MR) is 90.6 cm³/mol. The molecule has 0 aliphatic carbocycles. The Morgan fingerprint density at radius 2 is 1.52 bits per heavy atom. The molecule has 2 rings (SSSR count). The van der Waals surface area contributed by atoms with Crippen LogP contribution in [0.2, 0.25) is 0 Å². The van der Waals surface area contributed by atoms with E-state index in [0.717, 1.165) is 10.9 Å². The van der Waals surface area contributed by atoms with Gasteiger partial charge in [-0.25, -0.2) is 8.42 Å². The molecule has 0 bridgehead atoms. The van der Waals surface area contributed by atoms with Crippen LogP contribution in [0.5, 0.6) is 0 Å². The van der Waals surface area contributed by atoms with Crippen LogP contribution >= 0.6 is 15.9 Å². The fraction of sp³-hybridized carbons (Fsp3) is 0.294. The van der Waals surface area contributed by atoms with Gasteiger partial charge in [-0.1, -0.05) is 72.2 Å². The molecular formula is C17H19BrO2S. The van der Waals surface area contributed by atoms with Crippen LogP contribution in [0.25, 0.3) is 0 Å². The summed E-state index contributed by atoms with van der Waals surface area (Å²) >= 11 is 3.42. The average Bonchev–Trinajstić information content (AvgIpc) is 2.47. The Hall–Kier alpha value is -1.13. The molecule has 4 heteroatoms. The van der Waals surface area contributed by atoms with Crippen LogP contribution in [0.15, 0.2) is 59.5 Å². The van der Waals surface area contributed by atoms with Crippen molar-refractivity contribution in [2.45, 2.75) is 29.5 Å². The lowest BCUT2D eigenvalue weighted by Crippen LogP contribution is -2.28. The zero-order valence-corrected chi connectivity index (χ0v) is 14.6. The van der Waals surface area contributed by atoms with Crippen molar-refractivity contribution in [3.63, 3.8) is 0 Å². The van der Waals surface area contributed by atoms with Crippen LogP contribution in [0.1, 0.15) is 25.0 Å². The number of halogens is 1. The molecule has 0 N–H and O–H groups in total. The van der Waals surface area contributed by atoms with Crippen molar-refractivity contribution < 1.29 is 8.42 Å². The van der Waals surface area contributed by atoms with Crippen molar-refractivity contribution in [3.8, 4) is 0 Å². The monoisotopic (exact) mass is 366 g/mol. The van der Waals surface area contributed by atoms with E-state index in [2.05, 4.69) is 15.9 Å². The van der Waals surface area contributed by atoms with Gasteiger partial charge in [-0.2, -0.15) is 0 Å². The van der Waals surface area contributed by atoms with Crippen LogP contribution in [0.4, 0.5) is 0 Å². The van der Waals surface area contributed by atoms with Gasteiger partial charge in [0.05, 0.1) is 10.6 Å². The fourth-order valence-electron chi connectivity index (χ4n) is 2.31. The largest absolute Gasteiger partial charge is 0.224 e. The van der Waals surface area contributed by atoms with E-state index >= 15 is 0 Å². The molecule has 2 aromatic rings.